The zero-order valence-corrected chi connectivity index (χ0v) is 23.0. The second-order valence-electron chi connectivity index (χ2n) is 11.1. The Hall–Kier alpha value is -3.30. The van der Waals surface area contributed by atoms with Crippen molar-refractivity contribution >= 4 is 27.8 Å². The zero-order valence-electron chi connectivity index (χ0n) is 23.0. The van der Waals surface area contributed by atoms with Crippen LogP contribution in [0.3, 0.4) is 0 Å². The maximum absolute atomic E-state index is 13.0. The van der Waals surface area contributed by atoms with Crippen molar-refractivity contribution in [1.82, 2.24) is 29.2 Å². The molecule has 0 N–H and O–H groups in total. The zero-order chi connectivity index (χ0) is 26.6. The van der Waals surface area contributed by atoms with Crippen molar-refractivity contribution in [2.75, 3.05) is 24.6 Å². The van der Waals surface area contributed by atoms with Crippen molar-refractivity contribution in [3.05, 3.63) is 58.3 Å². The maximum atomic E-state index is 13.0. The molecule has 4 atom stereocenters. The number of anilines is 1. The lowest BCUT2D eigenvalue weighted by molar-refractivity contribution is -0.0390. The van der Waals surface area contributed by atoms with E-state index in [1.54, 1.807) is 10.6 Å². The molecule has 0 bridgehead atoms. The van der Waals surface area contributed by atoms with Gasteiger partial charge in [0.2, 0.25) is 0 Å². The van der Waals surface area contributed by atoms with Crippen molar-refractivity contribution in [2.45, 2.75) is 71.3 Å². The van der Waals surface area contributed by atoms with E-state index < -0.39 is 0 Å². The van der Waals surface area contributed by atoms with Crippen LogP contribution >= 0.6 is 0 Å². The smallest absolute Gasteiger partial charge is 0.252 e. The molecule has 0 aliphatic carbocycles. The normalized spacial score (nSPS) is 23.8. The third-order valence-corrected chi connectivity index (χ3v) is 8.37. The Bertz CT molecular complexity index is 1540. The fourth-order valence-corrected chi connectivity index (χ4v) is 6.11. The molecule has 2 unspecified atom stereocenters. The van der Waals surface area contributed by atoms with Gasteiger partial charge in [0.15, 0.2) is 0 Å². The molecule has 38 heavy (non-hydrogen) atoms. The molecule has 5 heterocycles. The summed E-state index contributed by atoms with van der Waals surface area (Å²) in [5.74, 6) is 0. The molecule has 0 spiro atoms. The lowest BCUT2D eigenvalue weighted by Gasteiger charge is -2.47. The fraction of sp³-hybridized carbons (Fsp3) is 0.517. The number of hydrogen-bond donors (Lipinski definition) is 0. The van der Waals surface area contributed by atoms with Crippen LogP contribution in [-0.2, 0) is 11.8 Å². The van der Waals surface area contributed by atoms with Crippen LogP contribution in [0.1, 0.15) is 63.6 Å². The molecular formula is C29H37N7O2. The Morgan fingerprint density at radius 2 is 1.92 bits per heavy atom. The van der Waals surface area contributed by atoms with E-state index in [0.29, 0.717) is 0 Å². The first-order valence-electron chi connectivity index (χ1n) is 13.8. The molecule has 3 aromatic heterocycles. The quantitative estimate of drug-likeness (QED) is 0.400. The lowest BCUT2D eigenvalue weighted by Crippen LogP contribution is -2.57. The summed E-state index contributed by atoms with van der Waals surface area (Å²) in [6.45, 7) is 11.2. The number of hydrogen-bond acceptors (Lipinski definition) is 7. The number of pyridine rings is 1. The van der Waals surface area contributed by atoms with Crippen LogP contribution in [0.4, 0.5) is 5.69 Å². The third-order valence-electron chi connectivity index (χ3n) is 8.37. The lowest BCUT2D eigenvalue weighted by atomic mass is 9.99. The first kappa shape index (κ1) is 25.0. The SMILES string of the molecule is Cc1cnc2cc(C(C)N3C[C@H](C)N(c4cc(=O)n(C)c5cn(C6CCCCO6)nc45)C[C@H]3C)ccc2n1. The van der Waals surface area contributed by atoms with Crippen LogP contribution in [-0.4, -0.2) is 61.0 Å². The molecule has 0 radical (unpaired) electrons. The molecule has 200 valence electrons. The van der Waals surface area contributed by atoms with E-state index in [1.165, 1.54) is 5.56 Å². The molecule has 0 amide bonds. The maximum Gasteiger partial charge on any atom is 0.252 e. The van der Waals surface area contributed by atoms with Crippen molar-refractivity contribution in [3.63, 3.8) is 0 Å². The second-order valence-corrected chi connectivity index (χ2v) is 11.1. The number of rotatable bonds is 4. The predicted octanol–water partition coefficient (Wildman–Crippen LogP) is 4.35. The Morgan fingerprint density at radius 3 is 2.71 bits per heavy atom. The highest BCUT2D eigenvalue weighted by atomic mass is 16.5. The Morgan fingerprint density at radius 1 is 1.08 bits per heavy atom. The summed E-state index contributed by atoms with van der Waals surface area (Å²) in [6.07, 6.45) is 6.90. The van der Waals surface area contributed by atoms with Crippen LogP contribution < -0.4 is 10.5 Å². The molecule has 4 aromatic rings. The van der Waals surface area contributed by atoms with Gasteiger partial charge < -0.3 is 14.2 Å². The molecular weight excluding hydrogens is 478 g/mol. The van der Waals surface area contributed by atoms with Gasteiger partial charge >= 0.3 is 0 Å². The van der Waals surface area contributed by atoms with E-state index in [4.69, 9.17) is 9.84 Å². The van der Waals surface area contributed by atoms with Crippen LogP contribution in [0.5, 0.6) is 0 Å². The van der Waals surface area contributed by atoms with Crippen molar-refractivity contribution < 1.29 is 4.74 Å². The van der Waals surface area contributed by atoms with Gasteiger partial charge in [-0.3, -0.25) is 14.7 Å². The highest BCUT2D eigenvalue weighted by molar-refractivity contribution is 5.88. The number of benzene rings is 1. The van der Waals surface area contributed by atoms with E-state index in [-0.39, 0.29) is 29.9 Å². The van der Waals surface area contributed by atoms with Crippen LogP contribution in [0, 0.1) is 6.92 Å². The first-order chi connectivity index (χ1) is 18.3. The minimum absolute atomic E-state index is 0.0141. The van der Waals surface area contributed by atoms with Gasteiger partial charge in [-0.05, 0) is 64.7 Å². The molecule has 0 saturated carbocycles. The van der Waals surface area contributed by atoms with Crippen LogP contribution in [0.25, 0.3) is 22.1 Å². The van der Waals surface area contributed by atoms with Crippen molar-refractivity contribution in [3.8, 4) is 0 Å². The number of piperazine rings is 1. The van der Waals surface area contributed by atoms with E-state index in [0.717, 1.165) is 72.4 Å². The number of aromatic nitrogens is 5. The Balaban J connectivity index is 1.29. The molecule has 2 fully saturated rings. The minimum atomic E-state index is -0.0660. The molecule has 2 saturated heterocycles. The van der Waals surface area contributed by atoms with Gasteiger partial charge in [-0.1, -0.05) is 6.07 Å². The molecule has 6 rings (SSSR count). The average Bonchev–Trinajstić information content (AvgIpc) is 3.38. The molecule has 2 aliphatic rings. The van der Waals surface area contributed by atoms with E-state index in [9.17, 15) is 4.79 Å². The summed E-state index contributed by atoms with van der Waals surface area (Å²) in [6, 6.07) is 8.90. The summed E-state index contributed by atoms with van der Waals surface area (Å²) in [7, 11) is 1.82. The van der Waals surface area contributed by atoms with Gasteiger partial charge in [0.25, 0.3) is 5.56 Å². The van der Waals surface area contributed by atoms with Gasteiger partial charge in [-0.25, -0.2) is 9.67 Å². The van der Waals surface area contributed by atoms with Crippen molar-refractivity contribution in [1.29, 1.82) is 0 Å². The third kappa shape index (κ3) is 4.37. The average molecular weight is 516 g/mol. The molecule has 9 nitrogen and oxygen atoms in total. The number of aryl methyl sites for hydroxylation is 2. The van der Waals surface area contributed by atoms with E-state index >= 15 is 0 Å². The van der Waals surface area contributed by atoms with Gasteiger partial charge in [0.1, 0.15) is 11.7 Å². The highest BCUT2D eigenvalue weighted by Gasteiger charge is 2.34. The van der Waals surface area contributed by atoms with Crippen molar-refractivity contribution in [2.24, 2.45) is 7.05 Å². The number of nitrogens with zero attached hydrogens (tertiary/aromatic N) is 7. The molecule has 9 heteroatoms. The summed E-state index contributed by atoms with van der Waals surface area (Å²) in [5.41, 5.74) is 6.65. The predicted molar refractivity (Wildman–Crippen MR) is 149 cm³/mol. The van der Waals surface area contributed by atoms with E-state index in [2.05, 4.69) is 58.7 Å². The Kier molecular flexibility index (Phi) is 6.44. The second kappa shape index (κ2) is 9.78. The summed E-state index contributed by atoms with van der Waals surface area (Å²) in [5, 5.41) is 4.97. The highest BCUT2D eigenvalue weighted by Crippen LogP contribution is 2.34. The number of ether oxygens (including phenoxy) is 1. The largest absolute Gasteiger partial charge is 0.364 e. The first-order valence-corrected chi connectivity index (χ1v) is 13.8. The topological polar surface area (TPSA) is 81.3 Å². The van der Waals surface area contributed by atoms with Gasteiger partial charge in [-0.15, -0.1) is 0 Å². The van der Waals surface area contributed by atoms with Crippen LogP contribution in [0.2, 0.25) is 0 Å². The molecule has 1 aromatic carbocycles. The summed E-state index contributed by atoms with van der Waals surface area (Å²) < 4.78 is 9.60. The fourth-order valence-electron chi connectivity index (χ4n) is 6.11. The van der Waals surface area contributed by atoms with Gasteiger partial charge in [0, 0.05) is 57.1 Å². The van der Waals surface area contributed by atoms with Crippen LogP contribution in [0.15, 0.2) is 41.5 Å². The summed E-state index contributed by atoms with van der Waals surface area (Å²) in [4.78, 5) is 27.1. The monoisotopic (exact) mass is 515 g/mol. The summed E-state index contributed by atoms with van der Waals surface area (Å²) >= 11 is 0. The van der Waals surface area contributed by atoms with Gasteiger partial charge in [-0.2, -0.15) is 5.10 Å². The standard InChI is InChI=1S/C29H37N7O2/c1-18-14-30-24-12-22(9-10-23(24)31-18)21(4)34-15-20(3)35(16-19(34)2)25-13-27(37)33(5)26-17-36(32-29(25)26)28-8-6-7-11-38-28/h9-10,12-14,17,19-21,28H,6-8,11,15-16H2,1-5H3/t19-,20+,21?,28?/m1/s1. The minimum Gasteiger partial charge on any atom is -0.364 e. The molecule has 2 aliphatic heterocycles. The number of fused-ring (bicyclic) bond motifs is 2. The Labute approximate surface area is 223 Å². The van der Waals surface area contributed by atoms with Gasteiger partial charge in [0.05, 0.1) is 34.1 Å². The van der Waals surface area contributed by atoms with E-state index in [1.807, 2.05) is 31.0 Å².